The van der Waals surface area contributed by atoms with Gasteiger partial charge in [-0.1, -0.05) is 30.3 Å². The molecule has 2 aromatic rings. The lowest BCUT2D eigenvalue weighted by Crippen LogP contribution is -2.09. The summed E-state index contributed by atoms with van der Waals surface area (Å²) in [6, 6.07) is 11.0. The number of ether oxygens (including phenoxy) is 2. The van der Waals surface area contributed by atoms with Gasteiger partial charge in [0.1, 0.15) is 0 Å². The second-order valence-corrected chi connectivity index (χ2v) is 5.03. The summed E-state index contributed by atoms with van der Waals surface area (Å²) in [7, 11) is 0. The van der Waals surface area contributed by atoms with Crippen LogP contribution in [0.4, 0.5) is 5.69 Å². The third kappa shape index (κ3) is 3.00. The van der Waals surface area contributed by atoms with Gasteiger partial charge in [0.2, 0.25) is 6.79 Å². The number of aliphatic hydroxyl groups excluding tert-OH is 1. The first-order valence-corrected chi connectivity index (χ1v) is 6.90. The lowest BCUT2D eigenvalue weighted by atomic mass is 9.98. The summed E-state index contributed by atoms with van der Waals surface area (Å²) in [5.74, 6) is 0.268. The summed E-state index contributed by atoms with van der Waals surface area (Å²) in [5.41, 5.74) is 0.168. The van der Waals surface area contributed by atoms with Gasteiger partial charge in [-0.05, 0) is 6.07 Å². The van der Waals surface area contributed by atoms with E-state index in [-0.39, 0.29) is 36.0 Å². The van der Waals surface area contributed by atoms with Crippen molar-refractivity contribution in [2.45, 2.75) is 12.5 Å². The number of hydrogen-bond donors (Lipinski definition) is 1. The minimum Gasteiger partial charge on any atom is -0.454 e. The van der Waals surface area contributed by atoms with E-state index < -0.39 is 11.0 Å². The van der Waals surface area contributed by atoms with Crippen LogP contribution in [0.5, 0.6) is 11.5 Å². The van der Waals surface area contributed by atoms with Crippen molar-refractivity contribution < 1.29 is 24.3 Å². The van der Waals surface area contributed by atoms with Gasteiger partial charge in [-0.25, -0.2) is 0 Å². The monoisotopic (exact) mass is 315 g/mol. The lowest BCUT2D eigenvalue weighted by molar-refractivity contribution is -0.386. The molecular weight excluding hydrogens is 302 g/mol. The first kappa shape index (κ1) is 15.0. The fourth-order valence-electron chi connectivity index (χ4n) is 2.40. The van der Waals surface area contributed by atoms with Crippen molar-refractivity contribution in [3.63, 3.8) is 0 Å². The van der Waals surface area contributed by atoms with Crippen molar-refractivity contribution in [1.82, 2.24) is 0 Å². The van der Waals surface area contributed by atoms with Gasteiger partial charge in [0.15, 0.2) is 17.3 Å². The molecule has 1 aliphatic rings. The van der Waals surface area contributed by atoms with Crippen molar-refractivity contribution in [3.05, 3.63) is 63.7 Å². The fourth-order valence-corrected chi connectivity index (χ4v) is 2.40. The normalized spacial score (nSPS) is 13.6. The molecule has 1 N–H and O–H groups in total. The first-order valence-electron chi connectivity index (χ1n) is 6.90. The quantitative estimate of drug-likeness (QED) is 0.517. The van der Waals surface area contributed by atoms with Crippen LogP contribution < -0.4 is 9.47 Å². The Morgan fingerprint density at radius 1 is 1.22 bits per heavy atom. The van der Waals surface area contributed by atoms with E-state index in [1.165, 1.54) is 12.1 Å². The average molecular weight is 315 g/mol. The number of Topliss-reactive ketones (excluding diaryl/α,β-unsaturated/α-hetero) is 1. The van der Waals surface area contributed by atoms with Crippen LogP contribution in [0.1, 0.15) is 28.4 Å². The van der Waals surface area contributed by atoms with E-state index in [4.69, 9.17) is 9.47 Å². The third-order valence-corrected chi connectivity index (χ3v) is 3.55. The topological polar surface area (TPSA) is 98.9 Å². The Balaban J connectivity index is 1.88. The molecule has 7 heteroatoms. The second-order valence-electron chi connectivity index (χ2n) is 5.03. The molecule has 7 nitrogen and oxygen atoms in total. The van der Waals surface area contributed by atoms with Crippen LogP contribution in [-0.2, 0) is 0 Å². The number of ketones is 1. The molecular formula is C16H13NO6. The lowest BCUT2D eigenvalue weighted by Gasteiger charge is -2.11. The van der Waals surface area contributed by atoms with Crippen LogP contribution in [0.2, 0.25) is 0 Å². The first-order chi connectivity index (χ1) is 11.1. The molecule has 0 bridgehead atoms. The minimum atomic E-state index is -1.31. The molecule has 118 valence electrons. The molecule has 0 saturated carbocycles. The zero-order chi connectivity index (χ0) is 16.4. The SMILES string of the molecule is O=C(CC(O)c1cc2c(cc1[N+](=O)[O-])OCO2)c1ccccc1. The summed E-state index contributed by atoms with van der Waals surface area (Å²) in [6.45, 7) is -0.0328. The molecule has 0 spiro atoms. The smallest absolute Gasteiger partial charge is 0.279 e. The Hall–Kier alpha value is -2.93. The van der Waals surface area contributed by atoms with Gasteiger partial charge in [-0.15, -0.1) is 0 Å². The molecule has 0 aliphatic carbocycles. The number of rotatable bonds is 5. The van der Waals surface area contributed by atoms with Gasteiger partial charge in [-0.2, -0.15) is 0 Å². The largest absolute Gasteiger partial charge is 0.454 e. The summed E-state index contributed by atoms with van der Waals surface area (Å²) in [6.07, 6.45) is -1.57. The van der Waals surface area contributed by atoms with Crippen molar-refractivity contribution in [2.24, 2.45) is 0 Å². The van der Waals surface area contributed by atoms with Crippen LogP contribution in [-0.4, -0.2) is 22.6 Å². The standard InChI is InChI=1S/C16H13NO6/c18-13(10-4-2-1-3-5-10)8-14(19)11-6-15-16(23-9-22-15)7-12(11)17(20)21/h1-7,14,19H,8-9H2. The molecule has 1 heterocycles. The Labute approximate surface area is 131 Å². The molecule has 2 aromatic carbocycles. The number of nitrogens with zero attached hydrogens (tertiary/aromatic N) is 1. The van der Waals surface area contributed by atoms with Gasteiger partial charge in [0.25, 0.3) is 5.69 Å². The van der Waals surface area contributed by atoms with E-state index in [2.05, 4.69) is 0 Å². The van der Waals surface area contributed by atoms with Crippen LogP contribution in [0.15, 0.2) is 42.5 Å². The van der Waals surface area contributed by atoms with Crippen LogP contribution in [0, 0.1) is 10.1 Å². The molecule has 23 heavy (non-hydrogen) atoms. The van der Waals surface area contributed by atoms with Gasteiger partial charge >= 0.3 is 0 Å². The molecule has 0 amide bonds. The number of nitro benzene ring substituents is 1. The fraction of sp³-hybridized carbons (Fsp3) is 0.188. The zero-order valence-electron chi connectivity index (χ0n) is 12.0. The number of nitro groups is 1. The molecule has 1 aliphatic heterocycles. The van der Waals surface area contributed by atoms with E-state index in [1.54, 1.807) is 30.3 Å². The van der Waals surface area contributed by atoms with Crippen molar-refractivity contribution in [3.8, 4) is 11.5 Å². The summed E-state index contributed by atoms with van der Waals surface area (Å²) < 4.78 is 10.3. The number of carbonyl (C=O) groups is 1. The molecule has 0 saturated heterocycles. The molecule has 1 atom stereocenters. The van der Waals surface area contributed by atoms with E-state index >= 15 is 0 Å². The summed E-state index contributed by atoms with van der Waals surface area (Å²) in [4.78, 5) is 22.7. The summed E-state index contributed by atoms with van der Waals surface area (Å²) >= 11 is 0. The highest BCUT2D eigenvalue weighted by Crippen LogP contribution is 2.40. The molecule has 1 unspecified atom stereocenters. The van der Waals surface area contributed by atoms with Crippen LogP contribution >= 0.6 is 0 Å². The minimum absolute atomic E-state index is 0.0310. The van der Waals surface area contributed by atoms with Gasteiger partial charge in [0.05, 0.1) is 22.7 Å². The maximum Gasteiger partial charge on any atom is 0.279 e. The molecule has 0 radical (unpaired) electrons. The molecule has 0 aromatic heterocycles. The average Bonchev–Trinajstić information content (AvgIpc) is 3.01. The predicted octanol–water partition coefficient (Wildman–Crippen LogP) is 2.63. The molecule has 3 rings (SSSR count). The van der Waals surface area contributed by atoms with E-state index in [1.807, 2.05) is 0 Å². The van der Waals surface area contributed by atoms with Crippen LogP contribution in [0.25, 0.3) is 0 Å². The van der Waals surface area contributed by atoms with E-state index in [9.17, 15) is 20.0 Å². The van der Waals surface area contributed by atoms with Crippen molar-refractivity contribution in [2.75, 3.05) is 6.79 Å². The third-order valence-electron chi connectivity index (χ3n) is 3.55. The van der Waals surface area contributed by atoms with Gasteiger partial charge < -0.3 is 14.6 Å². The highest BCUT2D eigenvalue weighted by molar-refractivity contribution is 5.96. The number of fused-ring (bicyclic) bond motifs is 1. The Morgan fingerprint density at radius 3 is 2.52 bits per heavy atom. The van der Waals surface area contributed by atoms with Gasteiger partial charge in [0, 0.05) is 12.0 Å². The number of carbonyl (C=O) groups excluding carboxylic acids is 1. The predicted molar refractivity (Wildman–Crippen MR) is 79.6 cm³/mol. The van der Waals surface area contributed by atoms with Crippen molar-refractivity contribution >= 4 is 11.5 Å². The molecule has 0 fully saturated rings. The Morgan fingerprint density at radius 2 is 1.87 bits per heavy atom. The van der Waals surface area contributed by atoms with E-state index in [0.717, 1.165) is 0 Å². The highest BCUT2D eigenvalue weighted by Gasteiger charge is 2.28. The number of aliphatic hydroxyl groups is 1. The Kier molecular flexibility index (Phi) is 3.94. The summed E-state index contributed by atoms with van der Waals surface area (Å²) in [5, 5.41) is 21.5. The maximum atomic E-state index is 12.2. The Bertz CT molecular complexity index is 759. The number of hydrogen-bond acceptors (Lipinski definition) is 6. The van der Waals surface area contributed by atoms with Crippen molar-refractivity contribution in [1.29, 1.82) is 0 Å². The zero-order valence-corrected chi connectivity index (χ0v) is 12.0. The second kappa shape index (κ2) is 6.05. The number of benzene rings is 2. The van der Waals surface area contributed by atoms with Gasteiger partial charge in [-0.3, -0.25) is 14.9 Å². The maximum absolute atomic E-state index is 12.2. The van der Waals surface area contributed by atoms with E-state index in [0.29, 0.717) is 11.3 Å². The van der Waals surface area contributed by atoms with Crippen LogP contribution in [0.3, 0.4) is 0 Å². The highest BCUT2D eigenvalue weighted by atomic mass is 16.7.